The molecule has 1 aliphatic rings. The predicted octanol–water partition coefficient (Wildman–Crippen LogP) is 2.68. The second kappa shape index (κ2) is 8.07. The van der Waals surface area contributed by atoms with E-state index in [-0.39, 0.29) is 6.10 Å². The maximum Gasteiger partial charge on any atom is 0.222 e. The van der Waals surface area contributed by atoms with Crippen LogP contribution in [-0.2, 0) is 17.8 Å². The van der Waals surface area contributed by atoms with E-state index in [0.717, 1.165) is 55.1 Å². The number of nitrogens with two attached hydrogens (primary N) is 1. The van der Waals surface area contributed by atoms with E-state index in [2.05, 4.69) is 26.4 Å². The minimum absolute atomic E-state index is 0.156. The number of anilines is 2. The van der Waals surface area contributed by atoms with Gasteiger partial charge in [0.25, 0.3) is 0 Å². The summed E-state index contributed by atoms with van der Waals surface area (Å²) in [6.45, 7) is 8.10. The van der Waals surface area contributed by atoms with Gasteiger partial charge >= 0.3 is 0 Å². The normalized spacial score (nSPS) is 17.5. The van der Waals surface area contributed by atoms with Crippen molar-refractivity contribution < 1.29 is 4.74 Å². The lowest BCUT2D eigenvalue weighted by Crippen LogP contribution is -2.41. The molecule has 1 unspecified atom stereocenters. The van der Waals surface area contributed by atoms with Gasteiger partial charge in [0.15, 0.2) is 0 Å². The van der Waals surface area contributed by atoms with Crippen LogP contribution in [0.1, 0.15) is 29.8 Å². The lowest BCUT2D eigenvalue weighted by Gasteiger charge is -2.34. The molecule has 1 fully saturated rings. The first-order chi connectivity index (χ1) is 12.2. The number of piperidine rings is 1. The molecule has 132 valence electrons. The largest absolute Gasteiger partial charge is 0.370 e. The molecule has 0 radical (unpaired) electrons. The summed E-state index contributed by atoms with van der Waals surface area (Å²) < 4.78 is 6.08. The highest BCUT2D eigenvalue weighted by molar-refractivity contribution is 5.53. The van der Waals surface area contributed by atoms with Crippen molar-refractivity contribution in [3.63, 3.8) is 0 Å². The molecule has 6 nitrogen and oxygen atoms in total. The monoisotopic (exact) mass is 339 g/mol. The highest BCUT2D eigenvalue weighted by Gasteiger charge is 2.24. The van der Waals surface area contributed by atoms with Gasteiger partial charge in [0.05, 0.1) is 18.4 Å². The minimum Gasteiger partial charge on any atom is -0.370 e. The summed E-state index contributed by atoms with van der Waals surface area (Å²) in [7, 11) is 0. The van der Waals surface area contributed by atoms with Gasteiger partial charge in [-0.3, -0.25) is 4.98 Å². The molecule has 1 saturated heterocycles. The van der Waals surface area contributed by atoms with E-state index < -0.39 is 0 Å². The van der Waals surface area contributed by atoms with E-state index in [0.29, 0.717) is 12.6 Å². The third-order valence-corrected chi connectivity index (χ3v) is 4.43. The molecular formula is C19H25N5O. The van der Waals surface area contributed by atoms with E-state index in [1.54, 1.807) is 6.20 Å². The Hall–Kier alpha value is -2.47. The Balaban J connectivity index is 1.72. The van der Waals surface area contributed by atoms with Gasteiger partial charge < -0.3 is 15.4 Å². The maximum absolute atomic E-state index is 6.08. The van der Waals surface area contributed by atoms with E-state index in [9.17, 15) is 0 Å². The molecular weight excluding hydrogens is 314 g/mol. The van der Waals surface area contributed by atoms with E-state index in [1.165, 1.54) is 0 Å². The third-order valence-electron chi connectivity index (χ3n) is 4.43. The number of hydrogen-bond donors (Lipinski definition) is 1. The van der Waals surface area contributed by atoms with Gasteiger partial charge in [-0.15, -0.1) is 6.58 Å². The van der Waals surface area contributed by atoms with Crippen LogP contribution >= 0.6 is 0 Å². The minimum atomic E-state index is 0.156. The molecule has 2 aromatic heterocycles. The molecule has 0 amide bonds. The van der Waals surface area contributed by atoms with Crippen LogP contribution < -0.4 is 10.6 Å². The first kappa shape index (κ1) is 17.4. The molecule has 0 saturated carbocycles. The number of nitrogens with zero attached hydrogens (tertiary/aromatic N) is 4. The number of hydrogen-bond acceptors (Lipinski definition) is 6. The smallest absolute Gasteiger partial charge is 0.222 e. The Labute approximate surface area is 148 Å². The van der Waals surface area contributed by atoms with Crippen LogP contribution in [0.5, 0.6) is 0 Å². The fraction of sp³-hybridized carbons (Fsp3) is 0.421. The van der Waals surface area contributed by atoms with E-state index >= 15 is 0 Å². The van der Waals surface area contributed by atoms with Crippen molar-refractivity contribution in [3.8, 4) is 0 Å². The summed E-state index contributed by atoms with van der Waals surface area (Å²) in [6.07, 6.45) is 6.66. The number of rotatable bonds is 6. The van der Waals surface area contributed by atoms with Crippen LogP contribution in [0.3, 0.4) is 0 Å². The van der Waals surface area contributed by atoms with Gasteiger partial charge in [0.1, 0.15) is 5.82 Å². The van der Waals surface area contributed by atoms with Crippen molar-refractivity contribution in [1.82, 2.24) is 15.0 Å². The van der Waals surface area contributed by atoms with Crippen molar-refractivity contribution in [2.24, 2.45) is 0 Å². The van der Waals surface area contributed by atoms with Gasteiger partial charge in [-0.2, -0.15) is 4.98 Å². The fourth-order valence-corrected chi connectivity index (χ4v) is 3.20. The zero-order valence-corrected chi connectivity index (χ0v) is 14.7. The first-order valence-corrected chi connectivity index (χ1v) is 8.67. The average Bonchev–Trinajstić information content (AvgIpc) is 2.63. The highest BCUT2D eigenvalue weighted by atomic mass is 16.5. The quantitative estimate of drug-likeness (QED) is 0.815. The Morgan fingerprint density at radius 3 is 3.04 bits per heavy atom. The molecule has 1 atom stereocenters. The molecule has 0 spiro atoms. The van der Waals surface area contributed by atoms with E-state index in [4.69, 9.17) is 10.5 Å². The molecule has 0 aliphatic carbocycles. The Kier molecular flexibility index (Phi) is 5.60. The lowest BCUT2D eigenvalue weighted by atomic mass is 10.1. The second-order valence-electron chi connectivity index (χ2n) is 6.30. The summed E-state index contributed by atoms with van der Waals surface area (Å²) in [5.41, 5.74) is 8.85. The molecule has 0 aromatic carbocycles. The number of aryl methyl sites for hydroxylation is 1. The van der Waals surface area contributed by atoms with Gasteiger partial charge in [-0.05, 0) is 38.3 Å². The number of allylic oxidation sites excluding steroid dienone is 1. The van der Waals surface area contributed by atoms with Crippen molar-refractivity contribution in [2.45, 2.75) is 38.9 Å². The Morgan fingerprint density at radius 2 is 2.28 bits per heavy atom. The number of pyridine rings is 1. The fourth-order valence-electron chi connectivity index (χ4n) is 3.20. The van der Waals surface area contributed by atoms with Gasteiger partial charge in [-0.1, -0.05) is 12.1 Å². The van der Waals surface area contributed by atoms with Crippen LogP contribution in [0.2, 0.25) is 0 Å². The molecule has 2 aromatic rings. The van der Waals surface area contributed by atoms with Crippen LogP contribution in [-0.4, -0.2) is 34.1 Å². The number of nitrogen functional groups attached to an aromatic ring is 1. The third kappa shape index (κ3) is 4.33. The van der Waals surface area contributed by atoms with Crippen LogP contribution in [0.25, 0.3) is 0 Å². The van der Waals surface area contributed by atoms with Crippen LogP contribution in [0, 0.1) is 6.92 Å². The SMILES string of the molecule is C=CCc1c(C)nc(N)nc1N1CCCC(OCc2ccccn2)C1. The second-order valence-corrected chi connectivity index (χ2v) is 6.30. The number of ether oxygens (including phenoxy) is 1. The summed E-state index contributed by atoms with van der Waals surface area (Å²) in [5.74, 6) is 1.23. The summed E-state index contributed by atoms with van der Waals surface area (Å²) in [5, 5.41) is 0. The summed E-state index contributed by atoms with van der Waals surface area (Å²) in [4.78, 5) is 15.4. The molecule has 0 bridgehead atoms. The van der Waals surface area contributed by atoms with Gasteiger partial charge in [0.2, 0.25) is 5.95 Å². The molecule has 3 heterocycles. The summed E-state index contributed by atoms with van der Waals surface area (Å²) in [6, 6.07) is 5.87. The Bertz CT molecular complexity index is 719. The van der Waals surface area contributed by atoms with Crippen LogP contribution in [0.15, 0.2) is 37.1 Å². The zero-order chi connectivity index (χ0) is 17.6. The number of aromatic nitrogens is 3. The zero-order valence-electron chi connectivity index (χ0n) is 14.7. The standard InChI is InChI=1S/C19H25N5O/c1-3-7-17-14(2)22-19(20)23-18(17)24-11-6-9-16(12-24)25-13-15-8-4-5-10-21-15/h3-5,8,10,16H,1,6-7,9,11-13H2,2H3,(H2,20,22,23). The molecule has 2 N–H and O–H groups in total. The van der Waals surface area contributed by atoms with Crippen molar-refractivity contribution in [2.75, 3.05) is 23.7 Å². The molecule has 25 heavy (non-hydrogen) atoms. The first-order valence-electron chi connectivity index (χ1n) is 8.67. The Morgan fingerprint density at radius 1 is 1.40 bits per heavy atom. The van der Waals surface area contributed by atoms with Crippen LogP contribution in [0.4, 0.5) is 11.8 Å². The van der Waals surface area contributed by atoms with Gasteiger partial charge in [0, 0.05) is 30.5 Å². The molecule has 1 aliphatic heterocycles. The average molecular weight is 339 g/mol. The maximum atomic E-state index is 6.08. The molecule has 3 rings (SSSR count). The molecule has 6 heteroatoms. The topological polar surface area (TPSA) is 77.2 Å². The van der Waals surface area contributed by atoms with E-state index in [1.807, 2.05) is 31.2 Å². The predicted molar refractivity (Wildman–Crippen MR) is 99.3 cm³/mol. The highest BCUT2D eigenvalue weighted by Crippen LogP contribution is 2.26. The van der Waals surface area contributed by atoms with Crippen molar-refractivity contribution in [3.05, 3.63) is 54.0 Å². The lowest BCUT2D eigenvalue weighted by molar-refractivity contribution is 0.0297. The van der Waals surface area contributed by atoms with Gasteiger partial charge in [-0.25, -0.2) is 4.98 Å². The van der Waals surface area contributed by atoms with Crippen molar-refractivity contribution >= 4 is 11.8 Å². The van der Waals surface area contributed by atoms with Crippen molar-refractivity contribution in [1.29, 1.82) is 0 Å². The summed E-state index contributed by atoms with van der Waals surface area (Å²) >= 11 is 0.